The second kappa shape index (κ2) is 4.94. The summed E-state index contributed by atoms with van der Waals surface area (Å²) in [6.07, 6.45) is 0.299. The molecule has 0 unspecified atom stereocenters. The van der Waals surface area contributed by atoms with Crippen LogP contribution in [0.25, 0.3) is 0 Å². The Balaban J connectivity index is 2.75. The van der Waals surface area contributed by atoms with E-state index in [0.717, 1.165) is 4.90 Å². The number of carboxylic acid groups (broad SMARTS) is 1. The van der Waals surface area contributed by atoms with Crippen LogP contribution >= 0.6 is 0 Å². The highest BCUT2D eigenvalue weighted by Gasteiger charge is 2.15. The average Bonchev–Trinajstić information content (AvgIpc) is 2.18. The summed E-state index contributed by atoms with van der Waals surface area (Å²) in [6, 6.07) is 4.90. The molecule has 80 valence electrons. The molecule has 0 fully saturated rings. The zero-order chi connectivity index (χ0) is 11.3. The van der Waals surface area contributed by atoms with Crippen LogP contribution in [0.1, 0.15) is 6.42 Å². The van der Waals surface area contributed by atoms with E-state index in [2.05, 4.69) is 4.98 Å². The van der Waals surface area contributed by atoms with Crippen LogP contribution in [0.3, 0.4) is 0 Å². The van der Waals surface area contributed by atoms with E-state index in [1.54, 1.807) is 18.2 Å². The van der Waals surface area contributed by atoms with Crippen molar-refractivity contribution in [1.29, 1.82) is 0 Å². The SMILES string of the molecule is NC(=O)CCN(C(=O)O)c1ccccn1. The van der Waals surface area contributed by atoms with Crippen LogP contribution in [-0.2, 0) is 4.79 Å². The summed E-state index contributed by atoms with van der Waals surface area (Å²) in [5.74, 6) is -0.261. The Hall–Kier alpha value is -2.11. The second-order valence-corrected chi connectivity index (χ2v) is 2.84. The van der Waals surface area contributed by atoms with E-state index in [0.29, 0.717) is 0 Å². The van der Waals surface area contributed by atoms with Gasteiger partial charge in [-0.1, -0.05) is 6.07 Å². The molecule has 1 aromatic heterocycles. The Kier molecular flexibility index (Phi) is 3.61. The van der Waals surface area contributed by atoms with Crippen molar-refractivity contribution in [2.75, 3.05) is 11.4 Å². The number of carbonyl (C=O) groups is 2. The number of nitrogens with two attached hydrogens (primary N) is 1. The zero-order valence-corrected chi connectivity index (χ0v) is 7.96. The molecule has 0 aliphatic rings. The molecule has 0 bridgehead atoms. The van der Waals surface area contributed by atoms with Crippen molar-refractivity contribution in [3.8, 4) is 0 Å². The third-order valence-electron chi connectivity index (χ3n) is 1.74. The first-order valence-electron chi connectivity index (χ1n) is 4.31. The van der Waals surface area contributed by atoms with E-state index in [1.165, 1.54) is 6.20 Å². The molecule has 6 heteroatoms. The molecule has 3 N–H and O–H groups in total. The van der Waals surface area contributed by atoms with Crippen molar-refractivity contribution in [2.24, 2.45) is 5.73 Å². The number of amides is 2. The van der Waals surface area contributed by atoms with Gasteiger partial charge in [0.15, 0.2) is 0 Å². The standard InChI is InChI=1S/C9H11N3O3/c10-7(13)4-6-12(9(14)15)8-3-1-2-5-11-8/h1-3,5H,4,6H2,(H2,10,13)(H,14,15). The normalized spacial score (nSPS) is 9.60. The molecule has 0 saturated heterocycles. The summed E-state index contributed by atoms with van der Waals surface area (Å²) in [5, 5.41) is 8.87. The van der Waals surface area contributed by atoms with Gasteiger partial charge >= 0.3 is 6.09 Å². The van der Waals surface area contributed by atoms with Crippen LogP contribution in [0.2, 0.25) is 0 Å². The maximum atomic E-state index is 10.8. The molecule has 0 atom stereocenters. The highest BCUT2D eigenvalue weighted by Crippen LogP contribution is 2.09. The lowest BCUT2D eigenvalue weighted by Gasteiger charge is -2.16. The van der Waals surface area contributed by atoms with E-state index >= 15 is 0 Å². The molecule has 0 aromatic carbocycles. The van der Waals surface area contributed by atoms with Crippen LogP contribution in [-0.4, -0.2) is 28.6 Å². The van der Waals surface area contributed by atoms with Gasteiger partial charge in [0.1, 0.15) is 5.82 Å². The summed E-state index contributed by atoms with van der Waals surface area (Å²) in [7, 11) is 0. The number of hydrogen-bond acceptors (Lipinski definition) is 3. The summed E-state index contributed by atoms with van der Waals surface area (Å²) >= 11 is 0. The van der Waals surface area contributed by atoms with E-state index < -0.39 is 12.0 Å². The van der Waals surface area contributed by atoms with Crippen molar-refractivity contribution < 1.29 is 14.7 Å². The fourth-order valence-corrected chi connectivity index (χ4v) is 1.04. The summed E-state index contributed by atoms with van der Waals surface area (Å²) in [4.78, 5) is 26.2. The third-order valence-corrected chi connectivity index (χ3v) is 1.74. The molecule has 0 aliphatic heterocycles. The lowest BCUT2D eigenvalue weighted by atomic mass is 10.3. The van der Waals surface area contributed by atoms with Gasteiger partial charge in [-0.15, -0.1) is 0 Å². The van der Waals surface area contributed by atoms with Gasteiger partial charge in [0.2, 0.25) is 5.91 Å². The minimum atomic E-state index is -1.16. The number of rotatable bonds is 4. The first kappa shape index (κ1) is 11.0. The van der Waals surface area contributed by atoms with Gasteiger partial charge in [0.25, 0.3) is 0 Å². The minimum absolute atomic E-state index is 0.0156. The largest absolute Gasteiger partial charge is 0.465 e. The molecule has 1 heterocycles. The van der Waals surface area contributed by atoms with Gasteiger partial charge in [-0.2, -0.15) is 0 Å². The van der Waals surface area contributed by atoms with Crippen molar-refractivity contribution >= 4 is 17.8 Å². The second-order valence-electron chi connectivity index (χ2n) is 2.84. The van der Waals surface area contributed by atoms with Crippen LogP contribution in [0.15, 0.2) is 24.4 Å². The number of hydrogen-bond donors (Lipinski definition) is 2. The van der Waals surface area contributed by atoms with Crippen molar-refractivity contribution in [3.63, 3.8) is 0 Å². The average molecular weight is 209 g/mol. The molecule has 0 saturated carbocycles. The topological polar surface area (TPSA) is 96.5 Å². The first-order valence-corrected chi connectivity index (χ1v) is 4.31. The summed E-state index contributed by atoms with van der Waals surface area (Å²) in [6.45, 7) is 0.0156. The number of aromatic nitrogens is 1. The Bertz CT molecular complexity index is 353. The molecule has 1 rings (SSSR count). The smallest absolute Gasteiger partial charge is 0.413 e. The Morgan fingerprint density at radius 3 is 2.67 bits per heavy atom. The molecular weight excluding hydrogens is 198 g/mol. The molecular formula is C9H11N3O3. The Morgan fingerprint density at radius 2 is 2.20 bits per heavy atom. The first-order chi connectivity index (χ1) is 7.11. The number of carbonyl (C=O) groups excluding carboxylic acids is 1. The number of anilines is 1. The number of primary amides is 1. The predicted octanol–water partition coefficient (Wildman–Crippen LogP) is 0.441. The lowest BCUT2D eigenvalue weighted by molar-refractivity contribution is -0.117. The van der Waals surface area contributed by atoms with E-state index in [1.807, 2.05) is 0 Å². The molecule has 15 heavy (non-hydrogen) atoms. The molecule has 0 aliphatic carbocycles. The molecule has 0 spiro atoms. The van der Waals surface area contributed by atoms with Gasteiger partial charge in [-0.25, -0.2) is 9.78 Å². The van der Waals surface area contributed by atoms with Crippen molar-refractivity contribution in [1.82, 2.24) is 4.98 Å². The summed E-state index contributed by atoms with van der Waals surface area (Å²) in [5.41, 5.74) is 4.94. The monoisotopic (exact) mass is 209 g/mol. The van der Waals surface area contributed by atoms with E-state index in [-0.39, 0.29) is 18.8 Å². The van der Waals surface area contributed by atoms with Crippen molar-refractivity contribution in [3.05, 3.63) is 24.4 Å². The maximum Gasteiger partial charge on any atom is 0.413 e. The zero-order valence-electron chi connectivity index (χ0n) is 7.96. The van der Waals surface area contributed by atoms with Gasteiger partial charge in [0, 0.05) is 19.2 Å². The number of pyridine rings is 1. The molecule has 6 nitrogen and oxygen atoms in total. The number of nitrogens with zero attached hydrogens (tertiary/aromatic N) is 2. The van der Waals surface area contributed by atoms with E-state index in [4.69, 9.17) is 10.8 Å². The minimum Gasteiger partial charge on any atom is -0.465 e. The predicted molar refractivity (Wildman–Crippen MR) is 53.4 cm³/mol. The van der Waals surface area contributed by atoms with Crippen LogP contribution < -0.4 is 10.6 Å². The molecule has 0 radical (unpaired) electrons. The van der Waals surface area contributed by atoms with Gasteiger partial charge in [-0.3, -0.25) is 9.69 Å². The molecule has 1 aromatic rings. The third kappa shape index (κ3) is 3.26. The highest BCUT2D eigenvalue weighted by atomic mass is 16.4. The summed E-state index contributed by atoms with van der Waals surface area (Å²) < 4.78 is 0. The van der Waals surface area contributed by atoms with Gasteiger partial charge in [-0.05, 0) is 12.1 Å². The van der Waals surface area contributed by atoms with Crippen LogP contribution in [0.4, 0.5) is 10.6 Å². The quantitative estimate of drug-likeness (QED) is 0.751. The fraction of sp³-hybridized carbons (Fsp3) is 0.222. The maximum absolute atomic E-state index is 10.8. The van der Waals surface area contributed by atoms with Crippen molar-refractivity contribution in [2.45, 2.75) is 6.42 Å². The van der Waals surface area contributed by atoms with E-state index in [9.17, 15) is 9.59 Å². The lowest BCUT2D eigenvalue weighted by Crippen LogP contribution is -2.33. The van der Waals surface area contributed by atoms with Crippen LogP contribution in [0.5, 0.6) is 0 Å². The Morgan fingerprint density at radius 1 is 1.47 bits per heavy atom. The van der Waals surface area contributed by atoms with Crippen LogP contribution in [0, 0.1) is 0 Å². The Labute approximate surface area is 86.3 Å². The molecule has 2 amide bonds. The fourth-order valence-electron chi connectivity index (χ4n) is 1.04. The van der Waals surface area contributed by atoms with Gasteiger partial charge in [0.05, 0.1) is 0 Å². The van der Waals surface area contributed by atoms with Gasteiger partial charge < -0.3 is 10.8 Å². The highest BCUT2D eigenvalue weighted by molar-refractivity contribution is 5.85.